The van der Waals surface area contributed by atoms with Gasteiger partial charge in [0.25, 0.3) is 5.91 Å². The van der Waals surface area contributed by atoms with Gasteiger partial charge in [0.15, 0.2) is 0 Å². The lowest BCUT2D eigenvalue weighted by molar-refractivity contribution is -0.114. The lowest BCUT2D eigenvalue weighted by atomic mass is 10.2. The summed E-state index contributed by atoms with van der Waals surface area (Å²) in [7, 11) is 0. The molecule has 0 bridgehead atoms. The van der Waals surface area contributed by atoms with E-state index >= 15 is 0 Å². The van der Waals surface area contributed by atoms with E-state index in [0.29, 0.717) is 27.9 Å². The summed E-state index contributed by atoms with van der Waals surface area (Å²) in [5.74, 6) is -0.795. The van der Waals surface area contributed by atoms with Gasteiger partial charge in [-0.1, -0.05) is 11.6 Å². The van der Waals surface area contributed by atoms with Gasteiger partial charge in [-0.05, 0) is 49.4 Å². The lowest BCUT2D eigenvalue weighted by Crippen LogP contribution is -2.15. The summed E-state index contributed by atoms with van der Waals surface area (Å²) >= 11 is 6.10. The van der Waals surface area contributed by atoms with Crippen molar-refractivity contribution in [2.75, 3.05) is 10.6 Å². The summed E-state index contributed by atoms with van der Waals surface area (Å²) in [6.45, 7) is 3.05. The molecule has 1 aromatic heterocycles. The second kappa shape index (κ2) is 7.55. The molecule has 2 N–H and O–H groups in total. The Balaban J connectivity index is 1.84. The minimum Gasteiger partial charge on any atom is -0.326 e. The predicted octanol–water partition coefficient (Wildman–Crippen LogP) is 3.58. The van der Waals surface area contributed by atoms with Crippen molar-refractivity contribution in [3.05, 3.63) is 65.0 Å². The third kappa shape index (κ3) is 4.29. The molecule has 0 saturated heterocycles. The van der Waals surface area contributed by atoms with Crippen LogP contribution in [-0.4, -0.2) is 26.6 Å². The van der Waals surface area contributed by atoms with Crippen molar-refractivity contribution >= 4 is 34.8 Å². The fourth-order valence-corrected chi connectivity index (χ4v) is 2.56. The first kappa shape index (κ1) is 18.5. The van der Waals surface area contributed by atoms with Crippen LogP contribution in [0.3, 0.4) is 0 Å². The van der Waals surface area contributed by atoms with Crippen LogP contribution in [0.1, 0.15) is 23.4 Å². The molecule has 0 fully saturated rings. The SMILES string of the molecule is CC(=O)Nc1ccc(Cl)c(NC(=O)c2nc(C)n(-c3ccc(F)cc3)n2)c1. The van der Waals surface area contributed by atoms with Crippen LogP contribution in [-0.2, 0) is 4.79 Å². The van der Waals surface area contributed by atoms with Crippen molar-refractivity contribution in [1.82, 2.24) is 14.8 Å². The van der Waals surface area contributed by atoms with Crippen molar-refractivity contribution < 1.29 is 14.0 Å². The van der Waals surface area contributed by atoms with Gasteiger partial charge in [0, 0.05) is 12.6 Å². The average molecular weight is 388 g/mol. The van der Waals surface area contributed by atoms with E-state index in [-0.39, 0.29) is 17.5 Å². The standard InChI is InChI=1S/C18H15ClFN5O2/c1-10-21-17(24-25(10)14-6-3-12(20)4-7-14)18(27)23-16-9-13(22-11(2)26)5-8-15(16)19/h3-9H,1-2H3,(H,22,26)(H,23,27). The smallest absolute Gasteiger partial charge is 0.295 e. The minimum absolute atomic E-state index is 0.0715. The summed E-state index contributed by atoms with van der Waals surface area (Å²) < 4.78 is 14.5. The molecule has 2 aromatic carbocycles. The number of anilines is 2. The Hall–Kier alpha value is -3.26. The third-order valence-electron chi connectivity index (χ3n) is 3.58. The van der Waals surface area contributed by atoms with Crippen LogP contribution in [0, 0.1) is 12.7 Å². The number of nitrogens with zero attached hydrogens (tertiary/aromatic N) is 3. The molecule has 0 aliphatic rings. The third-order valence-corrected chi connectivity index (χ3v) is 3.91. The zero-order valence-corrected chi connectivity index (χ0v) is 15.2. The highest BCUT2D eigenvalue weighted by Crippen LogP contribution is 2.26. The van der Waals surface area contributed by atoms with Gasteiger partial charge in [0.2, 0.25) is 11.7 Å². The molecular formula is C18H15ClFN5O2. The van der Waals surface area contributed by atoms with Crippen LogP contribution in [0.25, 0.3) is 5.69 Å². The average Bonchev–Trinajstić information content (AvgIpc) is 3.00. The number of carbonyl (C=O) groups is 2. The summed E-state index contributed by atoms with van der Waals surface area (Å²) in [6, 6.07) is 10.4. The van der Waals surface area contributed by atoms with Crippen LogP contribution in [0.2, 0.25) is 5.02 Å². The van der Waals surface area contributed by atoms with Crippen LogP contribution in [0.5, 0.6) is 0 Å². The van der Waals surface area contributed by atoms with Gasteiger partial charge in [0.1, 0.15) is 11.6 Å². The highest BCUT2D eigenvalue weighted by Gasteiger charge is 2.17. The van der Waals surface area contributed by atoms with Gasteiger partial charge < -0.3 is 10.6 Å². The molecule has 0 saturated carbocycles. The van der Waals surface area contributed by atoms with Crippen molar-refractivity contribution in [1.29, 1.82) is 0 Å². The zero-order chi connectivity index (χ0) is 19.6. The number of benzene rings is 2. The molecule has 0 aliphatic heterocycles. The minimum atomic E-state index is -0.569. The van der Waals surface area contributed by atoms with E-state index in [1.807, 2.05) is 0 Å². The van der Waals surface area contributed by atoms with E-state index in [4.69, 9.17) is 11.6 Å². The number of aromatic nitrogens is 3. The van der Waals surface area contributed by atoms with Gasteiger partial charge >= 0.3 is 0 Å². The van der Waals surface area contributed by atoms with Crippen molar-refractivity contribution in [2.24, 2.45) is 0 Å². The summed E-state index contributed by atoms with van der Waals surface area (Å²) in [5, 5.41) is 9.69. The van der Waals surface area contributed by atoms with Crippen LogP contribution in [0.15, 0.2) is 42.5 Å². The van der Waals surface area contributed by atoms with E-state index in [2.05, 4.69) is 20.7 Å². The molecule has 0 atom stereocenters. The number of carbonyl (C=O) groups excluding carboxylic acids is 2. The summed E-state index contributed by atoms with van der Waals surface area (Å²) in [4.78, 5) is 27.8. The van der Waals surface area contributed by atoms with E-state index in [1.54, 1.807) is 19.1 Å². The molecule has 0 radical (unpaired) electrons. The first-order valence-corrected chi connectivity index (χ1v) is 8.29. The molecule has 138 valence electrons. The van der Waals surface area contributed by atoms with E-state index in [0.717, 1.165) is 0 Å². The van der Waals surface area contributed by atoms with E-state index < -0.39 is 5.91 Å². The monoisotopic (exact) mass is 387 g/mol. The summed E-state index contributed by atoms with van der Waals surface area (Å²) in [5.41, 5.74) is 1.37. The van der Waals surface area contributed by atoms with Crippen LogP contribution in [0.4, 0.5) is 15.8 Å². The number of hydrogen-bond acceptors (Lipinski definition) is 4. The molecule has 0 spiro atoms. The molecule has 2 amide bonds. The number of halogens is 2. The highest BCUT2D eigenvalue weighted by atomic mass is 35.5. The van der Waals surface area contributed by atoms with E-state index in [9.17, 15) is 14.0 Å². The highest BCUT2D eigenvalue weighted by molar-refractivity contribution is 6.34. The van der Waals surface area contributed by atoms with E-state index in [1.165, 1.54) is 41.9 Å². The molecule has 1 heterocycles. The van der Waals surface area contributed by atoms with Gasteiger partial charge in [-0.15, -0.1) is 5.10 Å². The normalized spacial score (nSPS) is 10.5. The molecule has 3 aromatic rings. The maximum Gasteiger partial charge on any atom is 0.295 e. The fraction of sp³-hybridized carbons (Fsp3) is 0.111. The largest absolute Gasteiger partial charge is 0.326 e. The van der Waals surface area contributed by atoms with Crippen molar-refractivity contribution in [3.63, 3.8) is 0 Å². The number of amides is 2. The first-order chi connectivity index (χ1) is 12.8. The van der Waals surface area contributed by atoms with Crippen LogP contribution >= 0.6 is 11.6 Å². The molecular weight excluding hydrogens is 373 g/mol. The Bertz CT molecular complexity index is 1020. The second-order valence-electron chi connectivity index (χ2n) is 5.70. The Labute approximate surface area is 159 Å². The van der Waals surface area contributed by atoms with Crippen molar-refractivity contribution in [3.8, 4) is 5.69 Å². The Morgan fingerprint density at radius 1 is 1.11 bits per heavy atom. The molecule has 0 unspecified atom stereocenters. The van der Waals surface area contributed by atoms with Crippen molar-refractivity contribution in [2.45, 2.75) is 13.8 Å². The number of aryl methyl sites for hydroxylation is 1. The molecule has 9 heteroatoms. The second-order valence-corrected chi connectivity index (χ2v) is 6.11. The maximum atomic E-state index is 13.1. The van der Waals surface area contributed by atoms with Gasteiger partial charge in [0.05, 0.1) is 16.4 Å². The Morgan fingerprint density at radius 3 is 2.48 bits per heavy atom. The zero-order valence-electron chi connectivity index (χ0n) is 14.5. The molecule has 3 rings (SSSR count). The summed E-state index contributed by atoms with van der Waals surface area (Å²) in [6.07, 6.45) is 0. The quantitative estimate of drug-likeness (QED) is 0.716. The van der Waals surface area contributed by atoms with Gasteiger partial charge in [-0.3, -0.25) is 9.59 Å². The van der Waals surface area contributed by atoms with Gasteiger partial charge in [-0.25, -0.2) is 14.1 Å². The fourth-order valence-electron chi connectivity index (χ4n) is 2.39. The molecule has 0 aliphatic carbocycles. The Kier molecular flexibility index (Phi) is 5.18. The van der Waals surface area contributed by atoms with Crippen LogP contribution < -0.4 is 10.6 Å². The first-order valence-electron chi connectivity index (χ1n) is 7.91. The van der Waals surface area contributed by atoms with Gasteiger partial charge in [-0.2, -0.15) is 0 Å². The predicted molar refractivity (Wildman–Crippen MR) is 99.8 cm³/mol. The number of nitrogens with one attached hydrogen (secondary N) is 2. The molecule has 27 heavy (non-hydrogen) atoms. The Morgan fingerprint density at radius 2 is 1.81 bits per heavy atom. The maximum absolute atomic E-state index is 13.1. The lowest BCUT2D eigenvalue weighted by Gasteiger charge is -2.08. The number of rotatable bonds is 4. The molecule has 7 nitrogen and oxygen atoms in total. The number of hydrogen-bond donors (Lipinski definition) is 2. The topological polar surface area (TPSA) is 88.9 Å².